The van der Waals surface area contributed by atoms with Gasteiger partial charge in [-0.25, -0.2) is 8.42 Å². The van der Waals surface area contributed by atoms with Crippen LogP contribution in [0.5, 0.6) is 0 Å². The van der Waals surface area contributed by atoms with Crippen molar-refractivity contribution in [1.82, 2.24) is 5.32 Å². The van der Waals surface area contributed by atoms with Crippen LogP contribution in [0.25, 0.3) is 0 Å². The lowest BCUT2D eigenvalue weighted by molar-refractivity contribution is -0.147. The van der Waals surface area contributed by atoms with Gasteiger partial charge in [0, 0.05) is 12.2 Å². The number of sulfonamides is 1. The molecule has 1 aromatic heterocycles. The summed E-state index contributed by atoms with van der Waals surface area (Å²) in [7, 11) is -3.96. The number of hydrogen-bond acceptors (Lipinski definition) is 6. The van der Waals surface area contributed by atoms with Crippen LogP contribution >= 0.6 is 11.3 Å². The number of carbonyl (C=O) groups is 2. The molecule has 0 radical (unpaired) electrons. The zero-order valence-corrected chi connectivity index (χ0v) is 20.0. The van der Waals surface area contributed by atoms with Gasteiger partial charge in [-0.05, 0) is 49.4 Å². The Morgan fingerprint density at radius 2 is 1.73 bits per heavy atom. The molecule has 174 valence electrons. The summed E-state index contributed by atoms with van der Waals surface area (Å²) < 4.78 is 33.4. The number of esters is 1. The fourth-order valence-corrected chi connectivity index (χ4v) is 5.60. The van der Waals surface area contributed by atoms with E-state index in [0.29, 0.717) is 12.1 Å². The Labute approximate surface area is 197 Å². The monoisotopic (exact) mass is 486 g/mol. The van der Waals surface area contributed by atoms with E-state index in [0.717, 1.165) is 22.5 Å². The number of benzene rings is 2. The molecule has 0 spiro atoms. The van der Waals surface area contributed by atoms with Gasteiger partial charge in [0.25, 0.3) is 15.9 Å². The second-order valence-corrected chi connectivity index (χ2v) is 10.0. The minimum absolute atomic E-state index is 0.0232. The summed E-state index contributed by atoms with van der Waals surface area (Å²) in [6.45, 7) is 3.88. The van der Waals surface area contributed by atoms with E-state index in [1.54, 1.807) is 36.6 Å². The summed E-state index contributed by atoms with van der Waals surface area (Å²) >= 11 is 1.02. The van der Waals surface area contributed by atoms with Crippen molar-refractivity contribution in [3.05, 3.63) is 82.0 Å². The molecule has 0 aliphatic rings. The molecule has 1 amide bonds. The van der Waals surface area contributed by atoms with Gasteiger partial charge < -0.3 is 10.1 Å². The molecule has 1 atom stereocenters. The highest BCUT2D eigenvalue weighted by molar-refractivity contribution is 7.93. The molecular formula is C24H26N2O5S2. The molecule has 0 aliphatic carbocycles. The van der Waals surface area contributed by atoms with Crippen molar-refractivity contribution in [2.45, 2.75) is 25.2 Å². The predicted molar refractivity (Wildman–Crippen MR) is 129 cm³/mol. The number of ether oxygens (including phenoxy) is 1. The highest BCUT2D eigenvalue weighted by Crippen LogP contribution is 2.25. The van der Waals surface area contributed by atoms with Gasteiger partial charge in [0.2, 0.25) is 0 Å². The van der Waals surface area contributed by atoms with E-state index >= 15 is 0 Å². The Kier molecular flexibility index (Phi) is 8.24. The number of rotatable bonds is 10. The SMILES string of the molecule is CCOC(=O)C(CNC(=O)c1sccc1S(=O)(=O)Nc1ccc(C)cc1)Cc1ccccc1. The molecule has 2 aromatic carbocycles. The first kappa shape index (κ1) is 24.5. The lowest BCUT2D eigenvalue weighted by Crippen LogP contribution is -2.35. The molecule has 1 heterocycles. The quantitative estimate of drug-likeness (QED) is 0.422. The van der Waals surface area contributed by atoms with E-state index in [4.69, 9.17) is 4.74 Å². The Balaban J connectivity index is 1.72. The van der Waals surface area contributed by atoms with E-state index in [1.165, 1.54) is 6.07 Å². The normalized spacial score (nSPS) is 12.1. The van der Waals surface area contributed by atoms with Gasteiger partial charge in [0.05, 0.1) is 12.5 Å². The first-order valence-corrected chi connectivity index (χ1v) is 12.8. The Morgan fingerprint density at radius 3 is 2.39 bits per heavy atom. The number of nitrogens with one attached hydrogen (secondary N) is 2. The minimum atomic E-state index is -3.96. The summed E-state index contributed by atoms with van der Waals surface area (Å²) in [6.07, 6.45) is 0.393. The van der Waals surface area contributed by atoms with Crippen molar-refractivity contribution in [1.29, 1.82) is 0 Å². The van der Waals surface area contributed by atoms with E-state index in [2.05, 4.69) is 10.0 Å². The molecule has 0 fully saturated rings. The molecule has 3 aromatic rings. The van der Waals surface area contributed by atoms with Crippen LogP contribution < -0.4 is 10.0 Å². The van der Waals surface area contributed by atoms with E-state index < -0.39 is 27.8 Å². The van der Waals surface area contributed by atoms with Gasteiger partial charge in [-0.15, -0.1) is 11.3 Å². The molecule has 0 aliphatic heterocycles. The number of aryl methyl sites for hydroxylation is 1. The molecule has 0 saturated carbocycles. The van der Waals surface area contributed by atoms with Gasteiger partial charge in [-0.3, -0.25) is 14.3 Å². The van der Waals surface area contributed by atoms with Crippen molar-refractivity contribution in [2.75, 3.05) is 17.9 Å². The van der Waals surface area contributed by atoms with Crippen molar-refractivity contribution in [3.8, 4) is 0 Å². The smallest absolute Gasteiger partial charge is 0.311 e. The van der Waals surface area contributed by atoms with Crippen LogP contribution in [0.3, 0.4) is 0 Å². The van der Waals surface area contributed by atoms with Crippen molar-refractivity contribution < 1.29 is 22.7 Å². The maximum atomic E-state index is 12.9. The van der Waals surface area contributed by atoms with Crippen LogP contribution in [0.1, 0.15) is 27.7 Å². The Hall–Kier alpha value is -3.17. The van der Waals surface area contributed by atoms with E-state index in [-0.39, 0.29) is 22.9 Å². The first-order chi connectivity index (χ1) is 15.8. The molecule has 2 N–H and O–H groups in total. The van der Waals surface area contributed by atoms with Crippen molar-refractivity contribution in [2.24, 2.45) is 5.92 Å². The number of amides is 1. The molecule has 3 rings (SSSR count). The standard InChI is InChI=1S/C24H26N2O5S2/c1-3-31-24(28)19(15-18-7-5-4-6-8-18)16-25-23(27)22-21(13-14-32-22)33(29,30)26-20-11-9-17(2)10-12-20/h4-14,19,26H,3,15-16H2,1-2H3,(H,25,27). The summed E-state index contributed by atoms with van der Waals surface area (Å²) in [5.74, 6) is -1.57. The van der Waals surface area contributed by atoms with Gasteiger partial charge in [-0.2, -0.15) is 0 Å². The predicted octanol–water partition coefficient (Wildman–Crippen LogP) is 4.01. The summed E-state index contributed by atoms with van der Waals surface area (Å²) in [5.41, 5.74) is 2.34. The third-order valence-corrected chi connectivity index (χ3v) is 7.35. The number of thiophene rings is 1. The average Bonchev–Trinajstić information content (AvgIpc) is 3.30. The highest BCUT2D eigenvalue weighted by Gasteiger charge is 2.26. The van der Waals surface area contributed by atoms with Crippen LogP contribution in [-0.2, 0) is 26.0 Å². The zero-order chi connectivity index (χ0) is 23.8. The van der Waals surface area contributed by atoms with E-state index in [9.17, 15) is 18.0 Å². The van der Waals surface area contributed by atoms with Crippen LogP contribution in [-0.4, -0.2) is 33.4 Å². The zero-order valence-electron chi connectivity index (χ0n) is 18.4. The minimum Gasteiger partial charge on any atom is -0.466 e. The lowest BCUT2D eigenvalue weighted by atomic mass is 9.99. The summed E-state index contributed by atoms with van der Waals surface area (Å²) in [5, 5.41) is 4.25. The molecule has 0 saturated heterocycles. The van der Waals surface area contributed by atoms with Crippen molar-refractivity contribution in [3.63, 3.8) is 0 Å². The maximum absolute atomic E-state index is 12.9. The molecular weight excluding hydrogens is 460 g/mol. The first-order valence-electron chi connectivity index (χ1n) is 10.5. The molecule has 33 heavy (non-hydrogen) atoms. The van der Waals surface area contributed by atoms with Crippen molar-refractivity contribution >= 4 is 38.9 Å². The second-order valence-electron chi connectivity index (χ2n) is 7.43. The number of carbonyl (C=O) groups excluding carboxylic acids is 2. The van der Waals surface area contributed by atoms with Gasteiger partial charge in [-0.1, -0.05) is 48.0 Å². The number of anilines is 1. The molecule has 9 heteroatoms. The largest absolute Gasteiger partial charge is 0.466 e. The molecule has 0 bridgehead atoms. The molecule has 1 unspecified atom stereocenters. The second kappa shape index (κ2) is 11.1. The number of hydrogen-bond donors (Lipinski definition) is 2. The highest BCUT2D eigenvalue weighted by atomic mass is 32.2. The third-order valence-electron chi connectivity index (χ3n) is 4.88. The van der Waals surface area contributed by atoms with Gasteiger partial charge in [0.1, 0.15) is 9.77 Å². The summed E-state index contributed by atoms with van der Waals surface area (Å²) in [6, 6.07) is 17.7. The molecule has 7 nitrogen and oxygen atoms in total. The van der Waals surface area contributed by atoms with E-state index in [1.807, 2.05) is 37.3 Å². The van der Waals surface area contributed by atoms with Crippen LogP contribution in [0.15, 0.2) is 70.9 Å². The van der Waals surface area contributed by atoms with Crippen LogP contribution in [0.4, 0.5) is 5.69 Å². The Bertz CT molecular complexity index is 1190. The van der Waals surface area contributed by atoms with Crippen LogP contribution in [0.2, 0.25) is 0 Å². The van der Waals surface area contributed by atoms with Gasteiger partial charge in [0.15, 0.2) is 0 Å². The fraction of sp³-hybridized carbons (Fsp3) is 0.250. The maximum Gasteiger partial charge on any atom is 0.311 e. The Morgan fingerprint density at radius 1 is 1.03 bits per heavy atom. The average molecular weight is 487 g/mol. The summed E-state index contributed by atoms with van der Waals surface area (Å²) in [4.78, 5) is 25.2. The third kappa shape index (κ3) is 6.66. The van der Waals surface area contributed by atoms with Gasteiger partial charge >= 0.3 is 5.97 Å². The lowest BCUT2D eigenvalue weighted by Gasteiger charge is -2.16. The topological polar surface area (TPSA) is 102 Å². The fourth-order valence-electron chi connectivity index (χ4n) is 3.20. The van der Waals surface area contributed by atoms with Crippen LogP contribution in [0, 0.1) is 12.8 Å².